The first-order valence-corrected chi connectivity index (χ1v) is 9.14. The van der Waals surface area contributed by atoms with E-state index >= 15 is 0 Å². The summed E-state index contributed by atoms with van der Waals surface area (Å²) >= 11 is 2.05. The summed E-state index contributed by atoms with van der Waals surface area (Å²) in [5, 5.41) is 4.34. The molecule has 3 rings (SSSR count). The molecule has 2 atom stereocenters. The minimum atomic E-state index is -0.321. The van der Waals surface area contributed by atoms with E-state index in [1.807, 2.05) is 0 Å². The Morgan fingerprint density at radius 2 is 2.32 bits per heavy atom. The summed E-state index contributed by atoms with van der Waals surface area (Å²) in [6.07, 6.45) is 6.86. The van der Waals surface area contributed by atoms with Crippen molar-refractivity contribution in [3.63, 3.8) is 0 Å². The highest BCUT2D eigenvalue weighted by molar-refractivity contribution is 7.99. The first kappa shape index (κ1) is 15.6. The largest absolute Gasteiger partial charge is 0.421 e. The number of nitrogens with one attached hydrogen (secondary N) is 1. The molecule has 1 aliphatic rings. The summed E-state index contributed by atoms with van der Waals surface area (Å²) in [6, 6.07) is 4.12. The summed E-state index contributed by atoms with van der Waals surface area (Å²) in [6.45, 7) is 3.60. The van der Waals surface area contributed by atoms with Gasteiger partial charge in [0.05, 0.1) is 0 Å². The van der Waals surface area contributed by atoms with E-state index < -0.39 is 0 Å². The molecular formula is C16H23N3O2S. The number of aromatic nitrogens is 2. The normalized spacial score (nSPS) is 22.2. The predicted octanol–water partition coefficient (Wildman–Crippen LogP) is 2.64. The van der Waals surface area contributed by atoms with Crippen LogP contribution in [0.1, 0.15) is 32.6 Å². The average Bonchev–Trinajstić information content (AvgIpc) is 2.85. The van der Waals surface area contributed by atoms with E-state index in [0.29, 0.717) is 29.1 Å². The molecule has 0 saturated heterocycles. The zero-order chi connectivity index (χ0) is 15.4. The molecule has 0 amide bonds. The van der Waals surface area contributed by atoms with Crippen LogP contribution in [0.3, 0.4) is 0 Å². The SMILES string of the molecule is CCS[C@H]1CCCC[C@@H]1NCCn1c(=O)oc2cccnc21. The number of rotatable bonds is 6. The van der Waals surface area contributed by atoms with Crippen molar-refractivity contribution in [1.29, 1.82) is 0 Å². The monoisotopic (exact) mass is 321 g/mol. The molecule has 2 aromatic rings. The van der Waals surface area contributed by atoms with Crippen LogP contribution in [-0.2, 0) is 6.54 Å². The smallest absolute Gasteiger partial charge is 0.406 e. The van der Waals surface area contributed by atoms with Gasteiger partial charge in [-0.3, -0.25) is 4.57 Å². The van der Waals surface area contributed by atoms with Crippen molar-refractivity contribution >= 4 is 23.0 Å². The van der Waals surface area contributed by atoms with E-state index in [2.05, 4.69) is 29.0 Å². The predicted molar refractivity (Wildman–Crippen MR) is 90.4 cm³/mol. The molecule has 1 fully saturated rings. The lowest BCUT2D eigenvalue weighted by Gasteiger charge is -2.31. The summed E-state index contributed by atoms with van der Waals surface area (Å²) in [4.78, 5) is 16.2. The van der Waals surface area contributed by atoms with Crippen molar-refractivity contribution in [2.24, 2.45) is 0 Å². The average molecular weight is 321 g/mol. The van der Waals surface area contributed by atoms with E-state index in [9.17, 15) is 4.79 Å². The van der Waals surface area contributed by atoms with Gasteiger partial charge in [0.15, 0.2) is 11.2 Å². The highest BCUT2D eigenvalue weighted by Gasteiger charge is 2.24. The maximum Gasteiger partial charge on any atom is 0.421 e. The number of nitrogens with zero attached hydrogens (tertiary/aromatic N) is 2. The van der Waals surface area contributed by atoms with Crippen molar-refractivity contribution in [1.82, 2.24) is 14.9 Å². The first-order chi connectivity index (χ1) is 10.8. The van der Waals surface area contributed by atoms with Crippen LogP contribution in [0.15, 0.2) is 27.5 Å². The van der Waals surface area contributed by atoms with Crippen molar-refractivity contribution in [3.8, 4) is 0 Å². The molecule has 1 N–H and O–H groups in total. The molecule has 1 saturated carbocycles. The van der Waals surface area contributed by atoms with Crippen LogP contribution in [0.4, 0.5) is 0 Å². The van der Waals surface area contributed by atoms with E-state index in [4.69, 9.17) is 4.42 Å². The lowest BCUT2D eigenvalue weighted by molar-refractivity contribution is 0.374. The van der Waals surface area contributed by atoms with Crippen LogP contribution in [0, 0.1) is 0 Å². The number of oxazole rings is 1. The van der Waals surface area contributed by atoms with E-state index in [1.165, 1.54) is 31.4 Å². The van der Waals surface area contributed by atoms with Gasteiger partial charge in [0, 0.05) is 30.6 Å². The Morgan fingerprint density at radius 3 is 3.18 bits per heavy atom. The molecule has 0 aliphatic heterocycles. The van der Waals surface area contributed by atoms with Crippen molar-refractivity contribution in [2.45, 2.75) is 50.4 Å². The Kier molecular flexibility index (Phi) is 5.20. The van der Waals surface area contributed by atoms with Gasteiger partial charge in [-0.05, 0) is 30.7 Å². The number of hydrogen-bond acceptors (Lipinski definition) is 5. The Labute approximate surface area is 134 Å². The lowest BCUT2D eigenvalue weighted by Crippen LogP contribution is -2.42. The van der Waals surface area contributed by atoms with Gasteiger partial charge in [-0.1, -0.05) is 19.8 Å². The minimum absolute atomic E-state index is 0.321. The Balaban J connectivity index is 1.62. The van der Waals surface area contributed by atoms with Crippen LogP contribution in [0.2, 0.25) is 0 Å². The van der Waals surface area contributed by atoms with Gasteiger partial charge in [0.25, 0.3) is 0 Å². The standard InChI is InChI=1S/C16H23N3O2S/c1-2-22-14-8-4-3-6-12(14)17-10-11-19-15-13(21-16(19)20)7-5-9-18-15/h5,7,9,12,14,17H,2-4,6,8,10-11H2,1H3/t12-,14-/m0/s1. The molecule has 5 nitrogen and oxygen atoms in total. The third kappa shape index (κ3) is 3.38. The zero-order valence-corrected chi connectivity index (χ0v) is 13.8. The number of thioether (sulfide) groups is 1. The van der Waals surface area contributed by atoms with Crippen molar-refractivity contribution < 1.29 is 4.42 Å². The van der Waals surface area contributed by atoms with Gasteiger partial charge in [0.1, 0.15) is 0 Å². The molecule has 2 aromatic heterocycles. The highest BCUT2D eigenvalue weighted by Crippen LogP contribution is 2.28. The minimum Gasteiger partial charge on any atom is -0.406 e. The van der Waals surface area contributed by atoms with Crippen LogP contribution < -0.4 is 11.1 Å². The Morgan fingerprint density at radius 1 is 1.45 bits per heavy atom. The number of fused-ring (bicyclic) bond motifs is 1. The molecule has 1 aliphatic carbocycles. The third-order valence-corrected chi connectivity index (χ3v) is 5.58. The van der Waals surface area contributed by atoms with Crippen LogP contribution >= 0.6 is 11.8 Å². The fourth-order valence-electron chi connectivity index (χ4n) is 3.20. The molecular weight excluding hydrogens is 298 g/mol. The molecule has 0 radical (unpaired) electrons. The van der Waals surface area contributed by atoms with Gasteiger partial charge in [-0.25, -0.2) is 9.78 Å². The second-order valence-electron chi connectivity index (χ2n) is 5.68. The summed E-state index contributed by atoms with van der Waals surface area (Å²) in [7, 11) is 0. The van der Waals surface area contributed by atoms with Crippen molar-refractivity contribution in [2.75, 3.05) is 12.3 Å². The van der Waals surface area contributed by atoms with Gasteiger partial charge in [-0.2, -0.15) is 11.8 Å². The molecule has 6 heteroatoms. The van der Waals surface area contributed by atoms with Gasteiger partial charge < -0.3 is 9.73 Å². The number of pyridine rings is 1. The second kappa shape index (κ2) is 7.33. The lowest BCUT2D eigenvalue weighted by atomic mass is 9.95. The molecule has 2 heterocycles. The molecule has 0 aromatic carbocycles. The van der Waals surface area contributed by atoms with Gasteiger partial charge >= 0.3 is 5.76 Å². The van der Waals surface area contributed by atoms with E-state index in [-0.39, 0.29) is 5.76 Å². The van der Waals surface area contributed by atoms with Crippen LogP contribution in [0.25, 0.3) is 11.2 Å². The molecule has 22 heavy (non-hydrogen) atoms. The first-order valence-electron chi connectivity index (χ1n) is 8.09. The maximum absolute atomic E-state index is 11.9. The van der Waals surface area contributed by atoms with E-state index in [0.717, 1.165) is 6.54 Å². The zero-order valence-electron chi connectivity index (χ0n) is 13.0. The maximum atomic E-state index is 11.9. The third-order valence-electron chi connectivity index (χ3n) is 4.25. The Bertz CT molecular complexity index is 665. The molecule has 0 bridgehead atoms. The second-order valence-corrected chi connectivity index (χ2v) is 7.20. The molecule has 120 valence electrons. The fourth-order valence-corrected chi connectivity index (χ4v) is 4.43. The quantitative estimate of drug-likeness (QED) is 0.886. The summed E-state index contributed by atoms with van der Waals surface area (Å²) in [5.74, 6) is 0.845. The topological polar surface area (TPSA) is 60.1 Å². The van der Waals surface area contributed by atoms with Gasteiger partial charge in [0.2, 0.25) is 0 Å². The molecule has 0 unspecified atom stereocenters. The summed E-state index contributed by atoms with van der Waals surface area (Å²) < 4.78 is 6.83. The van der Waals surface area contributed by atoms with Crippen LogP contribution in [-0.4, -0.2) is 33.1 Å². The van der Waals surface area contributed by atoms with E-state index in [1.54, 1.807) is 22.9 Å². The Hall–Kier alpha value is -1.27. The fraction of sp³-hybridized carbons (Fsp3) is 0.625. The van der Waals surface area contributed by atoms with Gasteiger partial charge in [-0.15, -0.1) is 0 Å². The van der Waals surface area contributed by atoms with Crippen molar-refractivity contribution in [3.05, 3.63) is 28.9 Å². The summed E-state index contributed by atoms with van der Waals surface area (Å²) in [5.41, 5.74) is 1.20. The molecule has 0 spiro atoms. The number of hydrogen-bond donors (Lipinski definition) is 1. The van der Waals surface area contributed by atoms with Crippen LogP contribution in [0.5, 0.6) is 0 Å². The highest BCUT2D eigenvalue weighted by atomic mass is 32.2.